The van der Waals surface area contributed by atoms with E-state index in [1.807, 2.05) is 24.4 Å². The lowest BCUT2D eigenvalue weighted by Crippen LogP contribution is -2.27. The highest BCUT2D eigenvalue weighted by Crippen LogP contribution is 2.30. The Morgan fingerprint density at radius 1 is 1.29 bits per heavy atom. The molecule has 28 heavy (non-hydrogen) atoms. The number of hydrogen-bond acceptors (Lipinski definition) is 6. The molecule has 0 spiro atoms. The Morgan fingerprint density at radius 3 is 2.82 bits per heavy atom. The molecule has 0 radical (unpaired) electrons. The molecule has 0 saturated carbocycles. The summed E-state index contributed by atoms with van der Waals surface area (Å²) in [5, 5.41) is 1.03. The fourth-order valence-corrected chi connectivity index (χ4v) is 3.50. The summed E-state index contributed by atoms with van der Waals surface area (Å²) in [5.74, 6) is 0.699. The molecule has 1 unspecified atom stereocenters. The number of fused-ring (bicyclic) bond motifs is 1. The molecular weight excluding hydrogens is 358 g/mol. The quantitative estimate of drug-likeness (QED) is 0.525. The Labute approximate surface area is 166 Å². The van der Waals surface area contributed by atoms with E-state index in [-0.39, 0.29) is 0 Å². The van der Waals surface area contributed by atoms with Crippen molar-refractivity contribution in [3.05, 3.63) is 30.0 Å². The Hall–Kier alpha value is -2.25. The molecule has 0 amide bonds. The zero-order valence-electron chi connectivity index (χ0n) is 17.1. The first kappa shape index (κ1) is 20.5. The highest BCUT2D eigenvalue weighted by Gasteiger charge is 2.17. The minimum atomic E-state index is -0.735. The number of likely N-dealkylation sites (tertiary alicyclic amines) is 1. The van der Waals surface area contributed by atoms with Crippen molar-refractivity contribution in [2.75, 3.05) is 46.9 Å². The van der Waals surface area contributed by atoms with Gasteiger partial charge in [0.15, 0.2) is 0 Å². The SMILES string of the molecule is CC(OC(=O)OCCN1CCCC1)Oc1cccc2[nH]cc(CCN(C)C)c12. The van der Waals surface area contributed by atoms with Gasteiger partial charge in [0.2, 0.25) is 6.29 Å². The van der Waals surface area contributed by atoms with Crippen LogP contribution in [0.25, 0.3) is 10.9 Å². The van der Waals surface area contributed by atoms with Gasteiger partial charge in [-0.3, -0.25) is 4.90 Å². The third kappa shape index (κ3) is 5.62. The number of hydrogen-bond donors (Lipinski definition) is 1. The first-order valence-electron chi connectivity index (χ1n) is 9.99. The largest absolute Gasteiger partial charge is 0.511 e. The molecule has 0 bridgehead atoms. The molecule has 7 nitrogen and oxygen atoms in total. The van der Waals surface area contributed by atoms with Gasteiger partial charge in [0.05, 0.1) is 0 Å². The Bertz CT molecular complexity index is 768. The highest BCUT2D eigenvalue weighted by atomic mass is 16.8. The molecular formula is C21H31N3O4. The summed E-state index contributed by atoms with van der Waals surface area (Å²) < 4.78 is 16.4. The van der Waals surface area contributed by atoms with Crippen molar-refractivity contribution < 1.29 is 19.0 Å². The third-order valence-electron chi connectivity index (χ3n) is 4.96. The van der Waals surface area contributed by atoms with E-state index in [0.717, 1.165) is 43.5 Å². The zero-order chi connectivity index (χ0) is 19.9. The maximum Gasteiger partial charge on any atom is 0.511 e. The van der Waals surface area contributed by atoms with Crippen LogP contribution in [0.5, 0.6) is 5.75 Å². The van der Waals surface area contributed by atoms with Crippen LogP contribution in [0.15, 0.2) is 24.4 Å². The lowest BCUT2D eigenvalue weighted by Gasteiger charge is -2.18. The van der Waals surface area contributed by atoms with E-state index in [9.17, 15) is 4.79 Å². The smallest absolute Gasteiger partial charge is 0.454 e. The predicted molar refractivity (Wildman–Crippen MR) is 109 cm³/mol. The van der Waals surface area contributed by atoms with Gasteiger partial charge in [0, 0.05) is 37.1 Å². The standard InChI is InChI=1S/C21H31N3O4/c1-16(28-21(25)26-14-13-24-10-4-5-11-24)27-19-8-6-7-18-20(19)17(15-22-18)9-12-23(2)3/h6-8,15-16,22H,4-5,9-14H2,1-3H3. The molecule has 154 valence electrons. The maximum atomic E-state index is 11.9. The second kappa shape index (κ2) is 9.80. The average molecular weight is 389 g/mol. The number of rotatable bonds is 9. The summed E-state index contributed by atoms with van der Waals surface area (Å²) in [5.41, 5.74) is 2.19. The normalized spacial score (nSPS) is 15.9. The molecule has 1 N–H and O–H groups in total. The monoisotopic (exact) mass is 389 g/mol. The number of H-pyrrole nitrogens is 1. The molecule has 1 saturated heterocycles. The minimum absolute atomic E-state index is 0.341. The van der Waals surface area contributed by atoms with Gasteiger partial charge < -0.3 is 24.1 Å². The first-order valence-corrected chi connectivity index (χ1v) is 9.99. The topological polar surface area (TPSA) is 67.0 Å². The van der Waals surface area contributed by atoms with E-state index in [1.54, 1.807) is 6.92 Å². The minimum Gasteiger partial charge on any atom is -0.454 e. The predicted octanol–water partition coefficient (Wildman–Crippen LogP) is 3.25. The van der Waals surface area contributed by atoms with Crippen molar-refractivity contribution in [3.8, 4) is 5.75 Å². The van der Waals surface area contributed by atoms with Gasteiger partial charge in [-0.1, -0.05) is 6.07 Å². The Balaban J connectivity index is 1.54. The lowest BCUT2D eigenvalue weighted by atomic mass is 10.1. The van der Waals surface area contributed by atoms with Crippen LogP contribution in [-0.4, -0.2) is 74.1 Å². The molecule has 7 heteroatoms. The number of aromatic amines is 1. The van der Waals surface area contributed by atoms with E-state index in [0.29, 0.717) is 12.4 Å². The molecule has 1 aromatic carbocycles. The van der Waals surface area contributed by atoms with Crippen LogP contribution >= 0.6 is 0 Å². The third-order valence-corrected chi connectivity index (χ3v) is 4.96. The van der Waals surface area contributed by atoms with Crippen LogP contribution in [0.1, 0.15) is 25.3 Å². The van der Waals surface area contributed by atoms with Crippen LogP contribution in [0.3, 0.4) is 0 Å². The molecule has 1 atom stereocenters. The summed E-state index contributed by atoms with van der Waals surface area (Å²) in [7, 11) is 4.11. The fraction of sp³-hybridized carbons (Fsp3) is 0.571. The van der Waals surface area contributed by atoms with Crippen LogP contribution in [-0.2, 0) is 15.9 Å². The van der Waals surface area contributed by atoms with Gasteiger partial charge in [-0.25, -0.2) is 4.79 Å². The van der Waals surface area contributed by atoms with Gasteiger partial charge in [-0.05, 0) is 64.1 Å². The molecule has 3 rings (SSSR count). The number of carbonyl (C=O) groups is 1. The van der Waals surface area contributed by atoms with Gasteiger partial charge in [-0.2, -0.15) is 0 Å². The van der Waals surface area contributed by atoms with E-state index in [2.05, 4.69) is 28.9 Å². The highest BCUT2D eigenvalue weighted by molar-refractivity contribution is 5.89. The average Bonchev–Trinajstić information content (AvgIpc) is 3.30. The number of ether oxygens (including phenoxy) is 3. The van der Waals surface area contributed by atoms with E-state index in [4.69, 9.17) is 14.2 Å². The number of benzene rings is 1. The second-order valence-corrected chi connectivity index (χ2v) is 7.50. The van der Waals surface area contributed by atoms with Crippen molar-refractivity contribution in [2.45, 2.75) is 32.5 Å². The second-order valence-electron chi connectivity index (χ2n) is 7.50. The fourth-order valence-electron chi connectivity index (χ4n) is 3.50. The molecule has 1 fully saturated rings. The van der Waals surface area contributed by atoms with Gasteiger partial charge in [-0.15, -0.1) is 0 Å². The van der Waals surface area contributed by atoms with Crippen LogP contribution < -0.4 is 4.74 Å². The lowest BCUT2D eigenvalue weighted by molar-refractivity contribution is -0.0535. The van der Waals surface area contributed by atoms with Gasteiger partial charge in [0.25, 0.3) is 0 Å². The molecule has 0 aliphatic carbocycles. The zero-order valence-corrected chi connectivity index (χ0v) is 17.1. The van der Waals surface area contributed by atoms with E-state index in [1.165, 1.54) is 18.4 Å². The number of likely N-dealkylation sites (N-methyl/N-ethyl adjacent to an activating group) is 1. The molecule has 1 aliphatic rings. The van der Waals surface area contributed by atoms with E-state index >= 15 is 0 Å². The number of carbonyl (C=O) groups excluding carboxylic acids is 1. The number of nitrogens with one attached hydrogen (secondary N) is 1. The van der Waals surface area contributed by atoms with Crippen molar-refractivity contribution in [3.63, 3.8) is 0 Å². The van der Waals surface area contributed by atoms with Crippen molar-refractivity contribution >= 4 is 17.1 Å². The Morgan fingerprint density at radius 2 is 2.07 bits per heavy atom. The summed E-state index contributed by atoms with van der Waals surface area (Å²) >= 11 is 0. The van der Waals surface area contributed by atoms with Crippen LogP contribution in [0.4, 0.5) is 4.79 Å². The number of aromatic nitrogens is 1. The van der Waals surface area contributed by atoms with Crippen molar-refractivity contribution in [1.29, 1.82) is 0 Å². The molecule has 1 aromatic heterocycles. The van der Waals surface area contributed by atoms with Crippen LogP contribution in [0.2, 0.25) is 0 Å². The molecule has 1 aliphatic heterocycles. The number of nitrogens with zero attached hydrogens (tertiary/aromatic N) is 2. The van der Waals surface area contributed by atoms with Crippen LogP contribution in [0, 0.1) is 0 Å². The van der Waals surface area contributed by atoms with Gasteiger partial charge >= 0.3 is 6.16 Å². The first-order chi connectivity index (χ1) is 13.5. The van der Waals surface area contributed by atoms with E-state index < -0.39 is 12.4 Å². The maximum absolute atomic E-state index is 11.9. The molecule has 2 heterocycles. The van der Waals surface area contributed by atoms with Gasteiger partial charge in [0.1, 0.15) is 12.4 Å². The summed E-state index contributed by atoms with van der Waals surface area (Å²) in [6.45, 7) is 5.89. The summed E-state index contributed by atoms with van der Waals surface area (Å²) in [4.78, 5) is 19.6. The van der Waals surface area contributed by atoms with Crippen molar-refractivity contribution in [2.24, 2.45) is 0 Å². The summed E-state index contributed by atoms with van der Waals surface area (Å²) in [6.07, 6.45) is 3.93. The Kier molecular flexibility index (Phi) is 7.17. The molecule has 2 aromatic rings. The van der Waals surface area contributed by atoms with Crippen molar-refractivity contribution in [1.82, 2.24) is 14.8 Å². The summed E-state index contributed by atoms with van der Waals surface area (Å²) in [6, 6.07) is 5.83.